The number of nitrogens with two attached hydrogens (primary N) is 1. The van der Waals surface area contributed by atoms with Crippen LogP contribution in [0.2, 0.25) is 0 Å². The zero-order valence-electron chi connectivity index (χ0n) is 12.6. The summed E-state index contributed by atoms with van der Waals surface area (Å²) in [7, 11) is 2.03. The lowest BCUT2D eigenvalue weighted by atomic mass is 9.92. The van der Waals surface area contributed by atoms with Crippen molar-refractivity contribution in [2.24, 2.45) is 11.1 Å². The van der Waals surface area contributed by atoms with Gasteiger partial charge >= 0.3 is 6.61 Å². The fourth-order valence-electron chi connectivity index (χ4n) is 2.06. The lowest BCUT2D eigenvalue weighted by Gasteiger charge is -2.33. The minimum Gasteiger partial charge on any atom is -0.435 e. The van der Waals surface area contributed by atoms with Gasteiger partial charge in [0.05, 0.1) is 0 Å². The Morgan fingerprint density at radius 1 is 1.25 bits per heavy atom. The minimum atomic E-state index is -2.79. The van der Waals surface area contributed by atoms with Crippen LogP contribution >= 0.6 is 0 Å². The largest absolute Gasteiger partial charge is 0.435 e. The van der Waals surface area contributed by atoms with E-state index in [9.17, 15) is 8.78 Å². The van der Waals surface area contributed by atoms with Crippen LogP contribution in [-0.2, 0) is 0 Å². The number of halogens is 2. The number of benzene rings is 1. The highest BCUT2D eigenvalue weighted by molar-refractivity contribution is 5.29. The molecule has 5 heteroatoms. The Hall–Kier alpha value is -1.20. The molecule has 0 saturated carbocycles. The molecule has 0 amide bonds. The number of hydrogen-bond donors (Lipinski definition) is 1. The molecule has 0 heterocycles. The molecule has 0 aromatic heterocycles. The fourth-order valence-corrected chi connectivity index (χ4v) is 2.06. The molecule has 0 aliphatic carbocycles. The molecule has 1 atom stereocenters. The van der Waals surface area contributed by atoms with Gasteiger partial charge in [0.25, 0.3) is 0 Å². The van der Waals surface area contributed by atoms with Gasteiger partial charge in [-0.25, -0.2) is 0 Å². The quantitative estimate of drug-likeness (QED) is 0.836. The van der Waals surface area contributed by atoms with Crippen LogP contribution in [0.15, 0.2) is 24.3 Å². The van der Waals surface area contributed by atoms with E-state index in [-0.39, 0.29) is 17.2 Å². The molecule has 2 N–H and O–H groups in total. The molecule has 20 heavy (non-hydrogen) atoms. The topological polar surface area (TPSA) is 38.5 Å². The molecule has 0 saturated heterocycles. The summed E-state index contributed by atoms with van der Waals surface area (Å²) < 4.78 is 28.5. The van der Waals surface area contributed by atoms with Crippen molar-refractivity contribution in [3.8, 4) is 5.75 Å². The van der Waals surface area contributed by atoms with Gasteiger partial charge in [-0.1, -0.05) is 26.0 Å². The van der Waals surface area contributed by atoms with E-state index in [2.05, 4.69) is 30.4 Å². The van der Waals surface area contributed by atoms with Crippen molar-refractivity contribution in [2.45, 2.75) is 33.4 Å². The molecule has 0 bridgehead atoms. The van der Waals surface area contributed by atoms with Crippen molar-refractivity contribution in [2.75, 3.05) is 20.1 Å². The molecule has 0 spiro atoms. The fraction of sp³-hybridized carbons (Fsp3) is 0.600. The van der Waals surface area contributed by atoms with Crippen LogP contribution in [0.5, 0.6) is 5.75 Å². The highest BCUT2D eigenvalue weighted by Gasteiger charge is 2.21. The second kappa shape index (κ2) is 6.99. The van der Waals surface area contributed by atoms with Crippen LogP contribution in [0.25, 0.3) is 0 Å². The summed E-state index contributed by atoms with van der Waals surface area (Å²) in [5, 5.41) is 0. The molecule has 0 radical (unpaired) electrons. The lowest BCUT2D eigenvalue weighted by molar-refractivity contribution is -0.0498. The number of ether oxygens (including phenoxy) is 1. The summed E-state index contributed by atoms with van der Waals surface area (Å²) in [6.07, 6.45) is 0. The summed E-state index contributed by atoms with van der Waals surface area (Å²) in [6, 6.07) is 6.95. The third-order valence-electron chi connectivity index (χ3n) is 3.48. The van der Waals surface area contributed by atoms with Gasteiger partial charge in [-0.3, -0.25) is 4.90 Å². The summed E-state index contributed by atoms with van der Waals surface area (Å²) in [5.41, 5.74) is 6.85. The van der Waals surface area contributed by atoms with Gasteiger partial charge in [-0.05, 0) is 43.6 Å². The number of rotatable bonds is 7. The molecule has 0 fully saturated rings. The van der Waals surface area contributed by atoms with E-state index in [0.717, 1.165) is 12.1 Å². The molecule has 0 aliphatic heterocycles. The van der Waals surface area contributed by atoms with E-state index >= 15 is 0 Å². The Labute approximate surface area is 119 Å². The van der Waals surface area contributed by atoms with Gasteiger partial charge < -0.3 is 10.5 Å². The molecule has 1 rings (SSSR count). The first kappa shape index (κ1) is 16.9. The van der Waals surface area contributed by atoms with Gasteiger partial charge in [-0.2, -0.15) is 8.78 Å². The average molecular weight is 286 g/mol. The second-order valence-corrected chi connectivity index (χ2v) is 5.91. The highest BCUT2D eigenvalue weighted by Crippen LogP contribution is 2.25. The van der Waals surface area contributed by atoms with Crippen molar-refractivity contribution in [1.82, 2.24) is 4.90 Å². The molecule has 1 unspecified atom stereocenters. The van der Waals surface area contributed by atoms with Gasteiger partial charge in [0, 0.05) is 12.6 Å². The zero-order chi connectivity index (χ0) is 15.3. The number of hydrogen-bond acceptors (Lipinski definition) is 3. The van der Waals surface area contributed by atoms with Crippen LogP contribution < -0.4 is 10.5 Å². The molecule has 3 nitrogen and oxygen atoms in total. The van der Waals surface area contributed by atoms with Gasteiger partial charge in [0.15, 0.2) is 0 Å². The predicted octanol–water partition coefficient (Wildman–Crippen LogP) is 3.27. The SMILES string of the molecule is CC(c1ccc(OC(F)F)cc1)N(C)CC(C)(C)CN. The maximum atomic E-state index is 12.1. The van der Waals surface area contributed by atoms with Crippen LogP contribution in [-0.4, -0.2) is 31.6 Å². The Kier molecular flexibility index (Phi) is 5.89. The number of nitrogens with zero attached hydrogens (tertiary/aromatic N) is 1. The van der Waals surface area contributed by atoms with Crippen LogP contribution in [0.3, 0.4) is 0 Å². The van der Waals surface area contributed by atoms with E-state index in [1.54, 1.807) is 12.1 Å². The second-order valence-electron chi connectivity index (χ2n) is 5.91. The standard InChI is InChI=1S/C15H24F2N2O/c1-11(19(4)10-15(2,3)9-18)12-5-7-13(8-6-12)20-14(16)17/h5-8,11,14H,9-10,18H2,1-4H3. The van der Waals surface area contributed by atoms with E-state index in [1.807, 2.05) is 19.2 Å². The lowest BCUT2D eigenvalue weighted by Crippen LogP contribution is -2.37. The molecule has 114 valence electrons. The smallest absolute Gasteiger partial charge is 0.387 e. The summed E-state index contributed by atoms with van der Waals surface area (Å²) in [5.74, 6) is 0.181. The highest BCUT2D eigenvalue weighted by atomic mass is 19.3. The van der Waals surface area contributed by atoms with Crippen molar-refractivity contribution in [1.29, 1.82) is 0 Å². The van der Waals surface area contributed by atoms with Gasteiger partial charge in [0.1, 0.15) is 5.75 Å². The summed E-state index contributed by atoms with van der Waals surface area (Å²) in [6.45, 7) is 5.01. The number of alkyl halides is 2. The van der Waals surface area contributed by atoms with Gasteiger partial charge in [-0.15, -0.1) is 0 Å². The Bertz CT molecular complexity index is 407. The first-order chi connectivity index (χ1) is 9.25. The van der Waals surface area contributed by atoms with E-state index in [4.69, 9.17) is 5.73 Å². The third-order valence-corrected chi connectivity index (χ3v) is 3.48. The van der Waals surface area contributed by atoms with Crippen molar-refractivity contribution in [3.05, 3.63) is 29.8 Å². The van der Waals surface area contributed by atoms with Crippen molar-refractivity contribution >= 4 is 0 Å². The van der Waals surface area contributed by atoms with E-state index < -0.39 is 6.61 Å². The monoisotopic (exact) mass is 286 g/mol. The maximum absolute atomic E-state index is 12.1. The summed E-state index contributed by atoms with van der Waals surface area (Å²) in [4.78, 5) is 2.20. The van der Waals surface area contributed by atoms with Crippen LogP contribution in [0, 0.1) is 5.41 Å². The first-order valence-corrected chi connectivity index (χ1v) is 6.70. The molecule has 1 aromatic rings. The Morgan fingerprint density at radius 2 is 1.80 bits per heavy atom. The molecule has 0 aliphatic rings. The zero-order valence-corrected chi connectivity index (χ0v) is 12.6. The molecular formula is C15H24F2N2O. The van der Waals surface area contributed by atoms with Crippen LogP contribution in [0.4, 0.5) is 8.78 Å². The summed E-state index contributed by atoms with van der Waals surface area (Å²) >= 11 is 0. The van der Waals surface area contributed by atoms with Crippen molar-refractivity contribution in [3.63, 3.8) is 0 Å². The normalized spacial score (nSPS) is 13.8. The average Bonchev–Trinajstić information content (AvgIpc) is 2.37. The van der Waals surface area contributed by atoms with Crippen molar-refractivity contribution < 1.29 is 13.5 Å². The van der Waals surface area contributed by atoms with E-state index in [0.29, 0.717) is 6.54 Å². The third kappa shape index (κ3) is 5.06. The minimum absolute atomic E-state index is 0.0434. The van der Waals surface area contributed by atoms with Gasteiger partial charge in [0.2, 0.25) is 0 Å². The Balaban J connectivity index is 2.69. The molecule has 1 aromatic carbocycles. The molecular weight excluding hydrogens is 262 g/mol. The van der Waals surface area contributed by atoms with Crippen LogP contribution in [0.1, 0.15) is 32.4 Å². The maximum Gasteiger partial charge on any atom is 0.387 e. The van der Waals surface area contributed by atoms with E-state index in [1.165, 1.54) is 0 Å². The first-order valence-electron chi connectivity index (χ1n) is 6.70. The predicted molar refractivity (Wildman–Crippen MR) is 77.0 cm³/mol. The Morgan fingerprint density at radius 3 is 2.25 bits per heavy atom.